The lowest BCUT2D eigenvalue weighted by Gasteiger charge is -2.24. The smallest absolute Gasteiger partial charge is 0.225 e. The molecule has 0 aliphatic rings. The van der Waals surface area contributed by atoms with Crippen molar-refractivity contribution in [3.63, 3.8) is 0 Å². The third-order valence-electron chi connectivity index (χ3n) is 2.66. The van der Waals surface area contributed by atoms with Crippen molar-refractivity contribution >= 4 is 28.9 Å². The molecule has 17 heavy (non-hydrogen) atoms. The number of rotatable bonds is 4. The second-order valence-corrected chi connectivity index (χ2v) is 5.41. The van der Waals surface area contributed by atoms with Crippen molar-refractivity contribution in [1.82, 2.24) is 9.97 Å². The predicted molar refractivity (Wildman–Crippen MR) is 72.9 cm³/mol. The van der Waals surface area contributed by atoms with E-state index < -0.39 is 0 Å². The first-order chi connectivity index (χ1) is 8.16. The summed E-state index contributed by atoms with van der Waals surface area (Å²) in [6.07, 6.45) is 4.25. The summed E-state index contributed by atoms with van der Waals surface area (Å²) in [6, 6.07) is 4.58. The van der Waals surface area contributed by atoms with E-state index in [0.717, 1.165) is 6.42 Å². The summed E-state index contributed by atoms with van der Waals surface area (Å²) in [6.45, 7) is 2.16. The minimum absolute atomic E-state index is 0.356. The highest BCUT2D eigenvalue weighted by atomic mass is 35.5. The molecule has 0 aliphatic carbocycles. The summed E-state index contributed by atoms with van der Waals surface area (Å²) < 4.78 is 0. The highest BCUT2D eigenvalue weighted by Gasteiger charge is 2.13. The van der Waals surface area contributed by atoms with Gasteiger partial charge in [0.15, 0.2) is 0 Å². The van der Waals surface area contributed by atoms with E-state index in [1.54, 1.807) is 23.7 Å². The van der Waals surface area contributed by atoms with Crippen LogP contribution in [0.2, 0.25) is 5.02 Å². The Bertz CT molecular complexity index is 455. The standard InChI is InChI=1S/C12H14ClN3S/c1-9(6-11-4-3-5-17-11)16(2)12-14-7-10(13)8-15-12/h3-5,7-9H,6H2,1-2H3. The second kappa shape index (κ2) is 5.47. The molecule has 0 bridgehead atoms. The molecule has 0 aromatic carbocycles. The van der Waals surface area contributed by atoms with E-state index in [4.69, 9.17) is 11.6 Å². The van der Waals surface area contributed by atoms with Gasteiger partial charge in [-0.15, -0.1) is 11.3 Å². The highest BCUT2D eigenvalue weighted by Crippen LogP contribution is 2.17. The molecule has 0 saturated heterocycles. The second-order valence-electron chi connectivity index (χ2n) is 3.94. The fourth-order valence-electron chi connectivity index (χ4n) is 1.54. The zero-order valence-corrected chi connectivity index (χ0v) is 11.4. The molecule has 0 spiro atoms. The fraction of sp³-hybridized carbons (Fsp3) is 0.333. The van der Waals surface area contributed by atoms with Crippen LogP contribution in [0.15, 0.2) is 29.9 Å². The first kappa shape index (κ1) is 12.3. The first-order valence-corrected chi connectivity index (χ1v) is 6.65. The molecule has 1 unspecified atom stereocenters. The van der Waals surface area contributed by atoms with Crippen LogP contribution in [0.25, 0.3) is 0 Å². The molecule has 0 aliphatic heterocycles. The molecule has 5 heteroatoms. The number of likely N-dealkylation sites (N-methyl/N-ethyl adjacent to an activating group) is 1. The topological polar surface area (TPSA) is 29.0 Å². The highest BCUT2D eigenvalue weighted by molar-refractivity contribution is 7.09. The minimum Gasteiger partial charge on any atom is -0.341 e. The fourth-order valence-corrected chi connectivity index (χ4v) is 2.47. The van der Waals surface area contributed by atoms with Crippen LogP contribution < -0.4 is 4.90 Å². The number of thiophene rings is 1. The molecular weight excluding hydrogens is 254 g/mol. The Hall–Kier alpha value is -1.13. The van der Waals surface area contributed by atoms with Crippen molar-refractivity contribution in [2.75, 3.05) is 11.9 Å². The monoisotopic (exact) mass is 267 g/mol. The molecule has 2 aromatic heterocycles. The van der Waals surface area contributed by atoms with Gasteiger partial charge in [0.25, 0.3) is 0 Å². The van der Waals surface area contributed by atoms with Gasteiger partial charge in [-0.3, -0.25) is 0 Å². The van der Waals surface area contributed by atoms with Crippen molar-refractivity contribution < 1.29 is 0 Å². The van der Waals surface area contributed by atoms with Crippen molar-refractivity contribution in [3.05, 3.63) is 39.8 Å². The van der Waals surface area contributed by atoms with Crippen molar-refractivity contribution in [3.8, 4) is 0 Å². The molecule has 0 N–H and O–H groups in total. The molecule has 0 radical (unpaired) electrons. The molecule has 3 nitrogen and oxygen atoms in total. The summed E-state index contributed by atoms with van der Waals surface area (Å²) in [5, 5.41) is 2.66. The quantitative estimate of drug-likeness (QED) is 0.851. The predicted octanol–water partition coefficient (Wildman–Crippen LogP) is 3.26. The van der Waals surface area contributed by atoms with E-state index in [0.29, 0.717) is 17.0 Å². The van der Waals surface area contributed by atoms with E-state index in [1.165, 1.54) is 4.88 Å². The van der Waals surface area contributed by atoms with Crippen LogP contribution in [-0.4, -0.2) is 23.1 Å². The maximum atomic E-state index is 5.77. The van der Waals surface area contributed by atoms with Gasteiger partial charge < -0.3 is 4.90 Å². The van der Waals surface area contributed by atoms with Crippen LogP contribution in [0.1, 0.15) is 11.8 Å². The largest absolute Gasteiger partial charge is 0.341 e. The zero-order chi connectivity index (χ0) is 12.3. The number of nitrogens with zero attached hydrogens (tertiary/aromatic N) is 3. The van der Waals surface area contributed by atoms with Crippen molar-refractivity contribution in [2.24, 2.45) is 0 Å². The lowest BCUT2D eigenvalue weighted by Crippen LogP contribution is -2.31. The van der Waals surface area contributed by atoms with E-state index in [9.17, 15) is 0 Å². The normalized spacial score (nSPS) is 12.4. The van der Waals surface area contributed by atoms with Gasteiger partial charge in [-0.25, -0.2) is 9.97 Å². The third kappa shape index (κ3) is 3.17. The minimum atomic E-state index is 0.356. The molecular formula is C12H14ClN3S. The van der Waals surface area contributed by atoms with E-state index >= 15 is 0 Å². The third-order valence-corrected chi connectivity index (χ3v) is 3.75. The van der Waals surface area contributed by atoms with Gasteiger partial charge in [0, 0.05) is 24.4 Å². The van der Waals surface area contributed by atoms with Crippen LogP contribution in [0.3, 0.4) is 0 Å². The Kier molecular flexibility index (Phi) is 3.97. The van der Waals surface area contributed by atoms with Gasteiger partial charge >= 0.3 is 0 Å². The average Bonchev–Trinajstić information content (AvgIpc) is 2.82. The Morgan fingerprint density at radius 3 is 2.71 bits per heavy atom. The van der Waals surface area contributed by atoms with Gasteiger partial charge in [0.05, 0.1) is 17.4 Å². The van der Waals surface area contributed by atoms with Crippen molar-refractivity contribution in [1.29, 1.82) is 0 Å². The lowest BCUT2D eigenvalue weighted by molar-refractivity contribution is 0.670. The number of anilines is 1. The summed E-state index contributed by atoms with van der Waals surface area (Å²) >= 11 is 7.55. The SMILES string of the molecule is CC(Cc1cccs1)N(C)c1ncc(Cl)cn1. The van der Waals surface area contributed by atoms with Crippen LogP contribution in [0.4, 0.5) is 5.95 Å². The van der Waals surface area contributed by atoms with E-state index in [1.807, 2.05) is 7.05 Å². The van der Waals surface area contributed by atoms with Crippen LogP contribution in [-0.2, 0) is 6.42 Å². The summed E-state index contributed by atoms with van der Waals surface area (Å²) in [4.78, 5) is 11.9. The summed E-state index contributed by atoms with van der Waals surface area (Å²) in [5.41, 5.74) is 0. The molecule has 0 saturated carbocycles. The van der Waals surface area contributed by atoms with Crippen LogP contribution in [0, 0.1) is 0 Å². The molecule has 1 atom stereocenters. The molecule has 90 valence electrons. The lowest BCUT2D eigenvalue weighted by atomic mass is 10.2. The van der Waals surface area contributed by atoms with E-state index in [2.05, 4.69) is 39.3 Å². The van der Waals surface area contributed by atoms with Gasteiger partial charge in [-0.1, -0.05) is 17.7 Å². The number of aromatic nitrogens is 2. The molecule has 2 aromatic rings. The van der Waals surface area contributed by atoms with E-state index in [-0.39, 0.29) is 0 Å². The summed E-state index contributed by atoms with van der Waals surface area (Å²) in [5.74, 6) is 0.707. The zero-order valence-electron chi connectivity index (χ0n) is 9.80. The van der Waals surface area contributed by atoms with Crippen molar-refractivity contribution in [2.45, 2.75) is 19.4 Å². The van der Waals surface area contributed by atoms with Crippen LogP contribution >= 0.6 is 22.9 Å². The summed E-state index contributed by atoms with van der Waals surface area (Å²) in [7, 11) is 2.00. The number of hydrogen-bond donors (Lipinski definition) is 0. The Morgan fingerprint density at radius 2 is 2.12 bits per heavy atom. The first-order valence-electron chi connectivity index (χ1n) is 5.39. The Balaban J connectivity index is 2.04. The Labute approximate surface area is 110 Å². The molecule has 0 fully saturated rings. The molecule has 2 heterocycles. The number of halogens is 1. The van der Waals surface area contributed by atoms with Gasteiger partial charge in [-0.2, -0.15) is 0 Å². The number of hydrogen-bond acceptors (Lipinski definition) is 4. The van der Waals surface area contributed by atoms with Gasteiger partial charge in [-0.05, 0) is 18.4 Å². The maximum absolute atomic E-state index is 5.77. The Morgan fingerprint density at radius 1 is 1.41 bits per heavy atom. The average molecular weight is 268 g/mol. The van der Waals surface area contributed by atoms with Crippen LogP contribution in [0.5, 0.6) is 0 Å². The van der Waals surface area contributed by atoms with Gasteiger partial charge in [0.1, 0.15) is 0 Å². The molecule has 2 rings (SSSR count). The molecule has 0 amide bonds. The maximum Gasteiger partial charge on any atom is 0.225 e. The van der Waals surface area contributed by atoms with Gasteiger partial charge in [0.2, 0.25) is 5.95 Å².